The van der Waals surface area contributed by atoms with Crippen molar-refractivity contribution in [1.82, 2.24) is 0 Å². The summed E-state index contributed by atoms with van der Waals surface area (Å²) < 4.78 is 58.9. The summed E-state index contributed by atoms with van der Waals surface area (Å²) in [6.07, 6.45) is -1.36. The number of fused-ring (bicyclic) bond motifs is 1. The van der Waals surface area contributed by atoms with Crippen LogP contribution in [0.3, 0.4) is 0 Å². The Labute approximate surface area is 154 Å². The highest BCUT2D eigenvalue weighted by Crippen LogP contribution is 2.28. The monoisotopic (exact) mass is 397 g/mol. The molecule has 3 aromatic rings. The molecule has 0 bridgehead atoms. The van der Waals surface area contributed by atoms with Crippen LogP contribution in [0.15, 0.2) is 36.4 Å². The van der Waals surface area contributed by atoms with Crippen molar-refractivity contribution in [2.75, 3.05) is 5.32 Å². The second-order valence-electron chi connectivity index (χ2n) is 5.52. The van der Waals surface area contributed by atoms with Crippen LogP contribution in [0, 0.1) is 23.3 Å². The zero-order valence-corrected chi connectivity index (χ0v) is 14.5. The Balaban J connectivity index is 1.71. The fourth-order valence-corrected chi connectivity index (χ4v) is 3.21. The van der Waals surface area contributed by atoms with Gasteiger partial charge in [0.05, 0.1) is 5.69 Å². The number of rotatable bonds is 4. The number of ether oxygens (including phenoxy) is 1. The van der Waals surface area contributed by atoms with Gasteiger partial charge in [-0.05, 0) is 37.3 Å². The van der Waals surface area contributed by atoms with E-state index in [-0.39, 0.29) is 10.3 Å². The van der Waals surface area contributed by atoms with E-state index in [0.29, 0.717) is 10.8 Å². The minimum Gasteiger partial charge on any atom is -0.448 e. The standard InChI is InChI=1S/C18H11F4NO3S/c1-8(17(24)23-12-6-5-11(20)15(21)16(12)22)26-18(25)14-7-9-10(19)3-2-4-13(9)27-14/h2-8H,1H3,(H,23,24). The number of carbonyl (C=O) groups excluding carboxylic acids is 2. The number of carbonyl (C=O) groups is 2. The third-order valence-corrected chi connectivity index (χ3v) is 4.74. The summed E-state index contributed by atoms with van der Waals surface area (Å²) in [5.41, 5.74) is -0.592. The van der Waals surface area contributed by atoms with E-state index in [9.17, 15) is 27.2 Å². The molecule has 1 atom stereocenters. The van der Waals surface area contributed by atoms with Crippen LogP contribution in [0.5, 0.6) is 0 Å². The molecular formula is C18H11F4NO3S. The van der Waals surface area contributed by atoms with Crippen LogP contribution in [0.4, 0.5) is 23.2 Å². The van der Waals surface area contributed by atoms with Gasteiger partial charge in [-0.2, -0.15) is 0 Å². The first-order valence-electron chi connectivity index (χ1n) is 7.61. The highest BCUT2D eigenvalue weighted by atomic mass is 32.1. The van der Waals surface area contributed by atoms with Gasteiger partial charge in [-0.3, -0.25) is 4.79 Å². The molecule has 1 unspecified atom stereocenters. The summed E-state index contributed by atoms with van der Waals surface area (Å²) in [7, 11) is 0. The highest BCUT2D eigenvalue weighted by molar-refractivity contribution is 7.20. The van der Waals surface area contributed by atoms with Gasteiger partial charge in [0.15, 0.2) is 23.6 Å². The van der Waals surface area contributed by atoms with Gasteiger partial charge < -0.3 is 10.1 Å². The molecule has 0 saturated carbocycles. The Kier molecular flexibility index (Phi) is 5.13. The smallest absolute Gasteiger partial charge is 0.349 e. The van der Waals surface area contributed by atoms with Crippen molar-refractivity contribution < 1.29 is 31.9 Å². The van der Waals surface area contributed by atoms with Crippen LogP contribution in [-0.2, 0) is 9.53 Å². The predicted molar refractivity (Wildman–Crippen MR) is 91.6 cm³/mol. The topological polar surface area (TPSA) is 55.4 Å². The maximum Gasteiger partial charge on any atom is 0.349 e. The molecular weight excluding hydrogens is 386 g/mol. The second-order valence-corrected chi connectivity index (χ2v) is 6.61. The predicted octanol–water partition coefficient (Wildman–Crippen LogP) is 4.64. The van der Waals surface area contributed by atoms with E-state index in [2.05, 4.69) is 0 Å². The lowest BCUT2D eigenvalue weighted by Gasteiger charge is -2.13. The Bertz CT molecular complexity index is 1050. The van der Waals surface area contributed by atoms with Gasteiger partial charge >= 0.3 is 5.97 Å². The SMILES string of the molecule is CC(OC(=O)c1cc2c(F)cccc2s1)C(=O)Nc1ccc(F)c(F)c1F. The molecule has 0 spiro atoms. The van der Waals surface area contributed by atoms with E-state index in [0.717, 1.165) is 17.4 Å². The molecule has 0 aliphatic rings. The van der Waals surface area contributed by atoms with E-state index < -0.39 is 46.9 Å². The average molecular weight is 397 g/mol. The van der Waals surface area contributed by atoms with Crippen molar-refractivity contribution in [3.63, 3.8) is 0 Å². The van der Waals surface area contributed by atoms with Gasteiger partial charge in [-0.15, -0.1) is 11.3 Å². The number of esters is 1. The first-order chi connectivity index (χ1) is 12.8. The van der Waals surface area contributed by atoms with Crippen molar-refractivity contribution in [2.45, 2.75) is 13.0 Å². The fraction of sp³-hybridized carbons (Fsp3) is 0.111. The number of thiophene rings is 1. The molecule has 3 rings (SSSR count). The normalized spacial score (nSPS) is 12.0. The average Bonchev–Trinajstić information content (AvgIpc) is 3.08. The molecule has 1 N–H and O–H groups in total. The Morgan fingerprint density at radius 2 is 1.78 bits per heavy atom. The lowest BCUT2D eigenvalue weighted by Crippen LogP contribution is -2.30. The maximum atomic E-state index is 13.7. The van der Waals surface area contributed by atoms with E-state index in [1.807, 2.05) is 5.32 Å². The third-order valence-electron chi connectivity index (χ3n) is 3.66. The van der Waals surface area contributed by atoms with Crippen LogP contribution in [-0.4, -0.2) is 18.0 Å². The fourth-order valence-electron chi connectivity index (χ4n) is 2.25. The van der Waals surface area contributed by atoms with E-state index in [4.69, 9.17) is 4.74 Å². The van der Waals surface area contributed by atoms with Crippen molar-refractivity contribution in [3.05, 3.63) is 64.5 Å². The summed E-state index contributed by atoms with van der Waals surface area (Å²) >= 11 is 0.986. The largest absolute Gasteiger partial charge is 0.448 e. The quantitative estimate of drug-likeness (QED) is 0.396. The summed E-state index contributed by atoms with van der Waals surface area (Å²) in [4.78, 5) is 24.3. The van der Waals surface area contributed by atoms with Gasteiger partial charge in [-0.1, -0.05) is 6.07 Å². The van der Waals surface area contributed by atoms with E-state index in [1.165, 1.54) is 25.1 Å². The van der Waals surface area contributed by atoms with Crippen LogP contribution < -0.4 is 5.32 Å². The number of hydrogen-bond donors (Lipinski definition) is 1. The number of anilines is 1. The third kappa shape index (κ3) is 3.77. The molecule has 1 amide bonds. The molecule has 140 valence electrons. The molecule has 0 fully saturated rings. The number of hydrogen-bond acceptors (Lipinski definition) is 4. The summed E-state index contributed by atoms with van der Waals surface area (Å²) in [6.45, 7) is 1.22. The van der Waals surface area contributed by atoms with Crippen LogP contribution in [0.1, 0.15) is 16.6 Å². The molecule has 0 aliphatic carbocycles. The lowest BCUT2D eigenvalue weighted by molar-refractivity contribution is -0.123. The van der Waals surface area contributed by atoms with Gasteiger partial charge in [0.2, 0.25) is 0 Å². The van der Waals surface area contributed by atoms with Crippen molar-refractivity contribution in [3.8, 4) is 0 Å². The Morgan fingerprint density at radius 3 is 2.48 bits per heavy atom. The molecule has 1 heterocycles. The highest BCUT2D eigenvalue weighted by Gasteiger charge is 2.23. The molecule has 1 aromatic heterocycles. The Hall–Kier alpha value is -2.94. The summed E-state index contributed by atoms with van der Waals surface area (Å²) in [6, 6.07) is 7.16. The van der Waals surface area contributed by atoms with Gasteiger partial charge in [-0.25, -0.2) is 22.4 Å². The lowest BCUT2D eigenvalue weighted by atomic mass is 10.2. The zero-order valence-electron chi connectivity index (χ0n) is 13.7. The number of nitrogens with one attached hydrogen (secondary N) is 1. The first-order valence-corrected chi connectivity index (χ1v) is 8.43. The van der Waals surface area contributed by atoms with Crippen molar-refractivity contribution in [2.24, 2.45) is 0 Å². The number of amides is 1. The molecule has 0 radical (unpaired) electrons. The molecule has 27 heavy (non-hydrogen) atoms. The van der Waals surface area contributed by atoms with Crippen LogP contribution >= 0.6 is 11.3 Å². The number of halogens is 4. The summed E-state index contributed by atoms with van der Waals surface area (Å²) in [5.74, 6) is -7.01. The van der Waals surface area contributed by atoms with Gasteiger partial charge in [0.25, 0.3) is 5.91 Å². The molecule has 2 aromatic carbocycles. The molecule has 9 heteroatoms. The molecule has 0 saturated heterocycles. The van der Waals surface area contributed by atoms with Crippen molar-refractivity contribution in [1.29, 1.82) is 0 Å². The van der Waals surface area contributed by atoms with Gasteiger partial charge in [0.1, 0.15) is 10.7 Å². The van der Waals surface area contributed by atoms with Crippen molar-refractivity contribution >= 4 is 39.0 Å². The Morgan fingerprint density at radius 1 is 1.04 bits per heavy atom. The zero-order chi connectivity index (χ0) is 19.7. The second kappa shape index (κ2) is 7.36. The molecule has 0 aliphatic heterocycles. The number of benzene rings is 2. The molecule has 4 nitrogen and oxygen atoms in total. The first kappa shape index (κ1) is 18.8. The van der Waals surface area contributed by atoms with Crippen LogP contribution in [0.2, 0.25) is 0 Å². The van der Waals surface area contributed by atoms with E-state index >= 15 is 0 Å². The van der Waals surface area contributed by atoms with Crippen LogP contribution in [0.25, 0.3) is 10.1 Å². The minimum absolute atomic E-state index is 0.0776. The van der Waals surface area contributed by atoms with E-state index in [1.54, 1.807) is 6.07 Å². The maximum absolute atomic E-state index is 13.7. The summed E-state index contributed by atoms with van der Waals surface area (Å²) in [5, 5.41) is 2.26. The van der Waals surface area contributed by atoms with Gasteiger partial charge in [0, 0.05) is 10.1 Å². The minimum atomic E-state index is -1.73.